The molecule has 6 heterocycles. The van der Waals surface area contributed by atoms with Gasteiger partial charge in [-0.15, -0.1) is 0 Å². The summed E-state index contributed by atoms with van der Waals surface area (Å²) < 4.78 is 7.54. The minimum absolute atomic E-state index is 0.0790. The van der Waals surface area contributed by atoms with Gasteiger partial charge in [-0.05, 0) is 77.8 Å². The Balaban J connectivity index is 0.999. The molecule has 2 aromatic carbocycles. The maximum Gasteiger partial charge on any atom is 0.268 e. The van der Waals surface area contributed by atoms with Gasteiger partial charge in [0, 0.05) is 58.9 Å². The summed E-state index contributed by atoms with van der Waals surface area (Å²) in [5, 5.41) is 14.6. The van der Waals surface area contributed by atoms with E-state index in [0.717, 1.165) is 76.5 Å². The molecule has 1 aliphatic carbocycles. The van der Waals surface area contributed by atoms with Crippen LogP contribution in [-0.4, -0.2) is 54.7 Å². The highest BCUT2D eigenvalue weighted by atomic mass is 16.5. The molecule has 254 valence electrons. The molecule has 0 spiro atoms. The van der Waals surface area contributed by atoms with E-state index in [1.807, 2.05) is 24.3 Å². The third-order valence-corrected chi connectivity index (χ3v) is 10.6. The molecule has 1 saturated heterocycles. The Morgan fingerprint density at radius 3 is 2.56 bits per heavy atom. The Morgan fingerprint density at radius 2 is 1.82 bits per heavy atom. The quantitative estimate of drug-likeness (QED) is 0.183. The number of nitrogens with two attached hydrogens (primary N) is 1. The number of aliphatic hydroxyl groups excluding tert-OH is 1. The summed E-state index contributed by atoms with van der Waals surface area (Å²) in [5.41, 5.74) is 17.5. The largest absolute Gasteiger partial charge is 0.392 e. The molecule has 1 atom stereocenters. The van der Waals surface area contributed by atoms with E-state index < -0.39 is 0 Å². The number of nitrogens with one attached hydrogen (secondary N) is 2. The highest BCUT2D eigenvalue weighted by Gasteiger charge is 2.37. The number of nitrogen functional groups attached to an aromatic ring is 1. The average molecular weight is 669 g/mol. The third-order valence-electron chi connectivity index (χ3n) is 10.6. The standard InChI is InChI=1S/C39H40N8O3/c1-22-17-45(28-20-50-21-28)10-11-46(22)27-7-4-23(5-8-27)31-14-30-35(43-38(40)44-36(30)41-31)24-6-9-29(26(12-24)19-48)32-18-47-33(37(49)42-32)13-25-15-39(2,3)16-34(25)47/h4-14,17,28,32,48H,15-16,18-21H2,1-3H3,(H,42,49)(H3,40,41,43,44)/t32-/m1/s1. The van der Waals surface area contributed by atoms with Crippen LogP contribution >= 0.6 is 0 Å². The van der Waals surface area contributed by atoms with Crippen molar-refractivity contribution in [1.29, 1.82) is 0 Å². The molecule has 0 bridgehead atoms. The van der Waals surface area contributed by atoms with Crippen molar-refractivity contribution in [3.8, 4) is 22.5 Å². The van der Waals surface area contributed by atoms with Gasteiger partial charge in [0.25, 0.3) is 5.91 Å². The first-order chi connectivity index (χ1) is 24.1. The molecule has 1 fully saturated rings. The van der Waals surface area contributed by atoms with Crippen molar-refractivity contribution in [2.45, 2.75) is 58.8 Å². The van der Waals surface area contributed by atoms with Crippen LogP contribution in [0, 0.1) is 5.41 Å². The number of nitrogens with zero attached hydrogens (tertiary/aromatic N) is 5. The predicted octanol–water partition coefficient (Wildman–Crippen LogP) is 5.63. The molecule has 5 aromatic rings. The number of carbonyl (C=O) groups is 1. The van der Waals surface area contributed by atoms with Gasteiger partial charge in [-0.1, -0.05) is 38.1 Å². The van der Waals surface area contributed by atoms with Gasteiger partial charge >= 0.3 is 0 Å². The lowest BCUT2D eigenvalue weighted by atomic mass is 9.90. The average Bonchev–Trinajstić information content (AvgIpc) is 3.74. The van der Waals surface area contributed by atoms with Gasteiger partial charge in [-0.2, -0.15) is 4.98 Å². The van der Waals surface area contributed by atoms with Crippen molar-refractivity contribution in [3.05, 3.63) is 107 Å². The van der Waals surface area contributed by atoms with Gasteiger partial charge in [0.05, 0.1) is 37.6 Å². The van der Waals surface area contributed by atoms with Crippen LogP contribution in [0.15, 0.2) is 78.9 Å². The number of amides is 1. The van der Waals surface area contributed by atoms with Gasteiger partial charge < -0.3 is 40.2 Å². The normalized spacial score (nSPS) is 19.7. The smallest absolute Gasteiger partial charge is 0.268 e. The molecule has 50 heavy (non-hydrogen) atoms. The number of aromatic amines is 1. The fourth-order valence-corrected chi connectivity index (χ4v) is 8.00. The van der Waals surface area contributed by atoms with Crippen LogP contribution in [0.5, 0.6) is 0 Å². The van der Waals surface area contributed by atoms with Crippen LogP contribution < -0.4 is 16.0 Å². The summed E-state index contributed by atoms with van der Waals surface area (Å²) in [6, 6.07) is 18.6. The van der Waals surface area contributed by atoms with Gasteiger partial charge in [0.1, 0.15) is 11.3 Å². The number of aromatic nitrogens is 4. The second-order valence-corrected chi connectivity index (χ2v) is 14.7. The van der Waals surface area contributed by atoms with E-state index in [-0.39, 0.29) is 29.9 Å². The molecular formula is C39H40N8O3. The lowest BCUT2D eigenvalue weighted by Gasteiger charge is -2.38. The second kappa shape index (κ2) is 11.3. The number of hydrogen-bond donors (Lipinski definition) is 4. The van der Waals surface area contributed by atoms with Crippen molar-refractivity contribution >= 4 is 28.6 Å². The maximum atomic E-state index is 13.2. The van der Waals surface area contributed by atoms with Crippen LogP contribution in [0.4, 0.5) is 11.6 Å². The van der Waals surface area contributed by atoms with Crippen LogP contribution in [0.25, 0.3) is 33.5 Å². The van der Waals surface area contributed by atoms with Crippen LogP contribution in [0.2, 0.25) is 0 Å². The number of aliphatic hydroxyl groups is 1. The minimum Gasteiger partial charge on any atom is -0.392 e. The summed E-state index contributed by atoms with van der Waals surface area (Å²) in [4.78, 5) is 30.2. The minimum atomic E-state index is -0.264. The fourth-order valence-electron chi connectivity index (χ4n) is 8.00. The molecule has 9 rings (SSSR count). The number of H-pyrrole nitrogens is 1. The van der Waals surface area contributed by atoms with Gasteiger partial charge in [-0.25, -0.2) is 4.98 Å². The van der Waals surface area contributed by atoms with E-state index in [9.17, 15) is 9.90 Å². The number of benzene rings is 2. The van der Waals surface area contributed by atoms with Crippen LogP contribution in [0.3, 0.4) is 0 Å². The zero-order chi connectivity index (χ0) is 34.3. The van der Waals surface area contributed by atoms with Gasteiger partial charge in [0.15, 0.2) is 0 Å². The molecule has 0 saturated carbocycles. The lowest BCUT2D eigenvalue weighted by Crippen LogP contribution is -2.45. The Bertz CT molecular complexity index is 2240. The molecular weight excluding hydrogens is 628 g/mol. The van der Waals surface area contributed by atoms with Crippen molar-refractivity contribution in [1.82, 2.24) is 29.7 Å². The topological polar surface area (TPSA) is 138 Å². The second-order valence-electron chi connectivity index (χ2n) is 14.7. The number of allylic oxidation sites excluding steroid dienone is 1. The maximum absolute atomic E-state index is 13.2. The zero-order valence-corrected chi connectivity index (χ0v) is 28.4. The molecule has 11 heteroatoms. The Labute approximate surface area is 290 Å². The summed E-state index contributed by atoms with van der Waals surface area (Å²) in [7, 11) is 0. The summed E-state index contributed by atoms with van der Waals surface area (Å²) in [6.07, 6.45) is 8.27. The molecule has 3 aliphatic heterocycles. The van der Waals surface area contributed by atoms with E-state index in [2.05, 4.69) is 104 Å². The van der Waals surface area contributed by atoms with Crippen LogP contribution in [0.1, 0.15) is 59.7 Å². The number of hydrogen-bond acceptors (Lipinski definition) is 8. The number of rotatable bonds is 6. The van der Waals surface area contributed by atoms with E-state index in [1.54, 1.807) is 0 Å². The monoisotopic (exact) mass is 668 g/mol. The molecule has 11 nitrogen and oxygen atoms in total. The van der Waals surface area contributed by atoms with E-state index >= 15 is 0 Å². The lowest BCUT2D eigenvalue weighted by molar-refractivity contribution is -0.0358. The molecule has 0 radical (unpaired) electrons. The first-order valence-corrected chi connectivity index (χ1v) is 17.2. The van der Waals surface area contributed by atoms with E-state index in [1.165, 1.54) is 11.3 Å². The Hall–Kier alpha value is -5.39. The molecule has 3 aromatic heterocycles. The number of ether oxygens (including phenoxy) is 1. The van der Waals surface area contributed by atoms with Crippen molar-refractivity contribution in [3.63, 3.8) is 0 Å². The molecule has 5 N–H and O–H groups in total. The summed E-state index contributed by atoms with van der Waals surface area (Å²) in [5.74, 6) is 0.0775. The van der Waals surface area contributed by atoms with Crippen molar-refractivity contribution < 1.29 is 14.6 Å². The number of carbonyl (C=O) groups excluding carboxylic acids is 1. The number of anilines is 2. The first-order valence-electron chi connectivity index (χ1n) is 17.2. The molecule has 1 amide bonds. The zero-order valence-electron chi connectivity index (χ0n) is 28.4. The van der Waals surface area contributed by atoms with E-state index in [4.69, 9.17) is 10.5 Å². The van der Waals surface area contributed by atoms with Crippen LogP contribution in [-0.2, 0) is 30.7 Å². The van der Waals surface area contributed by atoms with Crippen molar-refractivity contribution in [2.24, 2.45) is 5.41 Å². The fraction of sp³-hybridized carbons (Fsp3) is 0.308. The highest BCUT2D eigenvalue weighted by Crippen LogP contribution is 2.41. The third kappa shape index (κ3) is 5.07. The first kappa shape index (κ1) is 30.7. The highest BCUT2D eigenvalue weighted by molar-refractivity contribution is 5.96. The number of fused-ring (bicyclic) bond motifs is 4. The van der Waals surface area contributed by atoms with Gasteiger partial charge in [0.2, 0.25) is 5.95 Å². The van der Waals surface area contributed by atoms with E-state index in [0.29, 0.717) is 23.9 Å². The van der Waals surface area contributed by atoms with Crippen molar-refractivity contribution in [2.75, 3.05) is 23.8 Å². The Kier molecular flexibility index (Phi) is 6.94. The molecule has 4 aliphatic rings. The summed E-state index contributed by atoms with van der Waals surface area (Å²) >= 11 is 0. The molecule has 0 unspecified atom stereocenters. The predicted molar refractivity (Wildman–Crippen MR) is 193 cm³/mol. The van der Waals surface area contributed by atoms with Gasteiger partial charge in [-0.3, -0.25) is 4.79 Å². The SMILES string of the molecule is CC1=CN(C2COC2)C=CN1c1ccc(-c2cc3c(-c4ccc([C@H]5Cn6c(cc7c6CC(C)(C)C7)C(=O)N5)c(CO)c4)nc(N)nc3[nH]2)cc1. The Morgan fingerprint density at radius 1 is 1.02 bits per heavy atom. The summed E-state index contributed by atoms with van der Waals surface area (Å²) in [6.45, 7) is 8.62.